The second kappa shape index (κ2) is 5.96. The van der Waals surface area contributed by atoms with Gasteiger partial charge in [-0.1, -0.05) is 18.2 Å². The first kappa shape index (κ1) is 14.8. The third kappa shape index (κ3) is 2.81. The summed E-state index contributed by atoms with van der Waals surface area (Å²) in [5.41, 5.74) is 4.16. The Kier molecular flexibility index (Phi) is 3.85. The van der Waals surface area contributed by atoms with Gasteiger partial charge in [-0.2, -0.15) is 0 Å². The van der Waals surface area contributed by atoms with Crippen LogP contribution in [0.15, 0.2) is 54.2 Å². The van der Waals surface area contributed by atoms with Crippen LogP contribution in [0.25, 0.3) is 5.57 Å². The zero-order valence-electron chi connectivity index (χ0n) is 12.9. The van der Waals surface area contributed by atoms with Gasteiger partial charge in [0.25, 0.3) is 11.8 Å². The molecule has 5 heteroatoms. The lowest BCUT2D eigenvalue weighted by molar-refractivity contribution is -0.110. The van der Waals surface area contributed by atoms with Gasteiger partial charge in [-0.25, -0.2) is 0 Å². The van der Waals surface area contributed by atoms with Crippen LogP contribution in [-0.4, -0.2) is 18.9 Å². The van der Waals surface area contributed by atoms with Gasteiger partial charge in [-0.3, -0.25) is 9.59 Å². The highest BCUT2D eigenvalue weighted by molar-refractivity contribution is 6.32. The van der Waals surface area contributed by atoms with E-state index >= 15 is 0 Å². The lowest BCUT2D eigenvalue weighted by Gasteiger charge is -2.10. The first-order valence-electron chi connectivity index (χ1n) is 7.31. The van der Waals surface area contributed by atoms with E-state index in [9.17, 15) is 9.59 Å². The highest BCUT2D eigenvalue weighted by atomic mass is 16.2. The third-order valence-electron chi connectivity index (χ3n) is 3.73. The molecule has 0 fully saturated rings. The molecule has 0 aromatic heterocycles. The van der Waals surface area contributed by atoms with Crippen molar-refractivity contribution in [3.8, 4) is 0 Å². The molecule has 3 rings (SSSR count). The molecule has 116 valence electrons. The topological polar surface area (TPSA) is 70.2 Å². The fourth-order valence-corrected chi connectivity index (χ4v) is 2.63. The normalized spacial score (nSPS) is 14.8. The highest BCUT2D eigenvalue weighted by Gasteiger charge is 2.27. The number of hydrogen-bond acceptors (Lipinski definition) is 3. The molecule has 0 bridgehead atoms. The number of anilines is 2. The summed E-state index contributed by atoms with van der Waals surface area (Å²) in [7, 11) is 1.58. The summed E-state index contributed by atoms with van der Waals surface area (Å²) >= 11 is 0. The van der Waals surface area contributed by atoms with Crippen LogP contribution in [0.2, 0.25) is 0 Å². The van der Waals surface area contributed by atoms with Crippen LogP contribution in [0.3, 0.4) is 0 Å². The minimum Gasteiger partial charge on any atom is -0.358 e. The molecule has 0 saturated heterocycles. The first-order valence-corrected chi connectivity index (χ1v) is 7.31. The van der Waals surface area contributed by atoms with E-state index in [0.29, 0.717) is 16.8 Å². The average molecular weight is 307 g/mol. The van der Waals surface area contributed by atoms with E-state index in [1.165, 1.54) is 0 Å². The largest absolute Gasteiger partial charge is 0.358 e. The summed E-state index contributed by atoms with van der Waals surface area (Å²) in [5, 5.41) is 8.66. The summed E-state index contributed by atoms with van der Waals surface area (Å²) in [6.07, 6.45) is 0. The predicted octanol–water partition coefficient (Wildman–Crippen LogP) is 2.84. The molecule has 1 aliphatic heterocycles. The number of carbonyl (C=O) groups is 2. The van der Waals surface area contributed by atoms with Gasteiger partial charge in [0.15, 0.2) is 0 Å². The maximum Gasteiger partial charge on any atom is 0.258 e. The Morgan fingerprint density at radius 3 is 2.52 bits per heavy atom. The van der Waals surface area contributed by atoms with Gasteiger partial charge in [0.2, 0.25) is 0 Å². The molecular formula is C18H17N3O2. The second-order valence-corrected chi connectivity index (χ2v) is 5.28. The van der Waals surface area contributed by atoms with Crippen molar-refractivity contribution in [1.29, 1.82) is 0 Å². The Hall–Kier alpha value is -3.08. The van der Waals surface area contributed by atoms with Crippen LogP contribution in [-0.2, 0) is 4.79 Å². The van der Waals surface area contributed by atoms with Crippen molar-refractivity contribution in [1.82, 2.24) is 5.32 Å². The first-order chi connectivity index (χ1) is 11.1. The van der Waals surface area contributed by atoms with Crippen molar-refractivity contribution in [3.63, 3.8) is 0 Å². The van der Waals surface area contributed by atoms with Gasteiger partial charge < -0.3 is 16.0 Å². The molecule has 1 aliphatic rings. The van der Waals surface area contributed by atoms with Gasteiger partial charge in [0, 0.05) is 35.2 Å². The molecular weight excluding hydrogens is 290 g/mol. The van der Waals surface area contributed by atoms with Gasteiger partial charge in [-0.05, 0) is 37.3 Å². The standard InChI is InChI=1S/C18H17N3O2/c1-11(20-13-6-4-3-5-7-13)16-14-10-12(17(22)19-2)8-9-15(14)21-18(16)23/h3-10,20H,1-2H3,(H,19,22)(H,21,23). The number of hydrogen-bond donors (Lipinski definition) is 3. The molecule has 1 heterocycles. The molecule has 23 heavy (non-hydrogen) atoms. The maximum atomic E-state index is 12.3. The van der Waals surface area contributed by atoms with E-state index in [2.05, 4.69) is 16.0 Å². The Bertz CT molecular complexity index is 810. The Morgan fingerprint density at radius 1 is 1.09 bits per heavy atom. The summed E-state index contributed by atoms with van der Waals surface area (Å²) in [6.45, 7) is 1.85. The zero-order valence-corrected chi connectivity index (χ0v) is 12.9. The smallest absolute Gasteiger partial charge is 0.258 e. The number of carbonyl (C=O) groups excluding carboxylic acids is 2. The maximum absolute atomic E-state index is 12.3. The van der Waals surface area contributed by atoms with Crippen molar-refractivity contribution in [2.75, 3.05) is 17.7 Å². The van der Waals surface area contributed by atoms with E-state index in [0.717, 1.165) is 16.9 Å². The number of rotatable bonds is 3. The second-order valence-electron chi connectivity index (χ2n) is 5.28. The summed E-state index contributed by atoms with van der Waals surface area (Å²) in [6, 6.07) is 14.8. The van der Waals surface area contributed by atoms with E-state index in [-0.39, 0.29) is 11.8 Å². The number of nitrogens with one attached hydrogen (secondary N) is 3. The van der Waals surface area contributed by atoms with Crippen molar-refractivity contribution < 1.29 is 9.59 Å². The van der Waals surface area contributed by atoms with Gasteiger partial charge in [0.1, 0.15) is 0 Å². The minimum atomic E-state index is -0.180. The van der Waals surface area contributed by atoms with E-state index in [1.807, 2.05) is 37.3 Å². The van der Waals surface area contributed by atoms with Gasteiger partial charge in [0.05, 0.1) is 5.57 Å². The van der Waals surface area contributed by atoms with Crippen LogP contribution < -0.4 is 16.0 Å². The van der Waals surface area contributed by atoms with Crippen LogP contribution >= 0.6 is 0 Å². The molecule has 2 aromatic carbocycles. The van der Waals surface area contributed by atoms with Crippen molar-refractivity contribution in [3.05, 3.63) is 65.4 Å². The van der Waals surface area contributed by atoms with Crippen LogP contribution in [0.4, 0.5) is 11.4 Å². The molecule has 0 spiro atoms. The third-order valence-corrected chi connectivity index (χ3v) is 3.73. The predicted molar refractivity (Wildman–Crippen MR) is 91.1 cm³/mol. The fraction of sp³-hybridized carbons (Fsp3) is 0.111. The van der Waals surface area contributed by atoms with Gasteiger partial charge >= 0.3 is 0 Å². The van der Waals surface area contributed by atoms with Crippen molar-refractivity contribution in [2.45, 2.75) is 6.92 Å². The lowest BCUT2D eigenvalue weighted by Crippen LogP contribution is -2.17. The van der Waals surface area contributed by atoms with Crippen molar-refractivity contribution >= 4 is 28.8 Å². The summed E-state index contributed by atoms with van der Waals surface area (Å²) in [4.78, 5) is 24.1. The molecule has 0 unspecified atom stereocenters. The number of amides is 2. The number of fused-ring (bicyclic) bond motifs is 1. The zero-order chi connectivity index (χ0) is 16.4. The number of allylic oxidation sites excluding steroid dienone is 1. The molecule has 2 aromatic rings. The fourth-order valence-electron chi connectivity index (χ4n) is 2.63. The molecule has 0 aliphatic carbocycles. The van der Waals surface area contributed by atoms with Gasteiger partial charge in [-0.15, -0.1) is 0 Å². The quantitative estimate of drug-likeness (QED) is 0.764. The Morgan fingerprint density at radius 2 is 1.83 bits per heavy atom. The molecule has 0 saturated carbocycles. The van der Waals surface area contributed by atoms with Crippen LogP contribution in [0.5, 0.6) is 0 Å². The molecule has 5 nitrogen and oxygen atoms in total. The summed E-state index contributed by atoms with van der Waals surface area (Å²) in [5.74, 6) is -0.352. The molecule has 0 atom stereocenters. The Labute approximate surface area is 134 Å². The monoisotopic (exact) mass is 307 g/mol. The molecule has 2 amide bonds. The van der Waals surface area contributed by atoms with Crippen LogP contribution in [0.1, 0.15) is 22.8 Å². The van der Waals surface area contributed by atoms with Crippen LogP contribution in [0, 0.1) is 0 Å². The average Bonchev–Trinajstić information content (AvgIpc) is 2.89. The molecule has 0 radical (unpaired) electrons. The SMILES string of the molecule is CNC(=O)c1ccc2c(c1)C(=C(C)Nc1ccccc1)C(=O)N2. The number of benzene rings is 2. The Balaban J connectivity index is 2.02. The van der Waals surface area contributed by atoms with E-state index < -0.39 is 0 Å². The summed E-state index contributed by atoms with van der Waals surface area (Å²) < 4.78 is 0. The highest BCUT2D eigenvalue weighted by Crippen LogP contribution is 2.34. The van der Waals surface area contributed by atoms with Crippen molar-refractivity contribution in [2.24, 2.45) is 0 Å². The number of para-hydroxylation sites is 1. The van der Waals surface area contributed by atoms with E-state index in [4.69, 9.17) is 0 Å². The van der Waals surface area contributed by atoms with E-state index in [1.54, 1.807) is 25.2 Å². The minimum absolute atomic E-state index is 0.171. The lowest BCUT2D eigenvalue weighted by atomic mass is 10.0. The molecule has 3 N–H and O–H groups in total.